The Hall–Kier alpha value is -1.02. The van der Waals surface area contributed by atoms with E-state index < -0.39 is 0 Å². The number of nitrogens with one attached hydrogen (secondary N) is 1. The summed E-state index contributed by atoms with van der Waals surface area (Å²) in [6, 6.07) is 9.39. The molecule has 1 aliphatic carbocycles. The zero-order chi connectivity index (χ0) is 12.1. The Morgan fingerprint density at radius 3 is 2.59 bits per heavy atom. The van der Waals surface area contributed by atoms with E-state index in [2.05, 4.69) is 41.5 Å². The molecule has 0 saturated heterocycles. The van der Waals surface area contributed by atoms with Gasteiger partial charge in [-0.05, 0) is 31.5 Å². The third-order valence-corrected chi connectivity index (χ3v) is 3.90. The van der Waals surface area contributed by atoms with Gasteiger partial charge in [-0.25, -0.2) is 0 Å². The maximum atomic E-state index is 3.28. The first-order chi connectivity index (χ1) is 8.31. The van der Waals surface area contributed by atoms with E-state index in [1.807, 2.05) is 7.05 Å². The third kappa shape index (κ3) is 3.22. The maximum Gasteiger partial charge on any atom is 0.0383 e. The minimum atomic E-state index is 0.786. The van der Waals surface area contributed by atoms with E-state index >= 15 is 0 Å². The number of anilines is 1. The van der Waals surface area contributed by atoms with Crippen molar-refractivity contribution in [2.24, 2.45) is 0 Å². The molecule has 0 radical (unpaired) electrons. The molecule has 0 bridgehead atoms. The second-order valence-corrected chi connectivity index (χ2v) is 5.11. The summed E-state index contributed by atoms with van der Waals surface area (Å²) in [7, 11) is 4.27. The first-order valence-electron chi connectivity index (χ1n) is 6.77. The van der Waals surface area contributed by atoms with Gasteiger partial charge < -0.3 is 5.32 Å². The average Bonchev–Trinajstić information content (AvgIpc) is 2.40. The minimum absolute atomic E-state index is 0.786. The first kappa shape index (κ1) is 12.4. The molecular formula is C15H24N2. The molecule has 0 aromatic heterocycles. The lowest BCUT2D eigenvalue weighted by molar-refractivity contribution is 0.185. The van der Waals surface area contributed by atoms with Gasteiger partial charge in [-0.15, -0.1) is 0 Å². The van der Waals surface area contributed by atoms with Crippen LogP contribution in [0.4, 0.5) is 5.69 Å². The fourth-order valence-electron chi connectivity index (χ4n) is 2.82. The van der Waals surface area contributed by atoms with Gasteiger partial charge >= 0.3 is 0 Å². The van der Waals surface area contributed by atoms with Crippen LogP contribution in [0.2, 0.25) is 0 Å². The molecule has 2 nitrogen and oxygen atoms in total. The molecule has 0 amide bonds. The van der Waals surface area contributed by atoms with Crippen molar-refractivity contribution in [2.45, 2.75) is 44.7 Å². The summed E-state index contributed by atoms with van der Waals surface area (Å²) in [5, 5.41) is 3.28. The number of para-hydroxylation sites is 1. The minimum Gasteiger partial charge on any atom is -0.388 e. The number of rotatable bonds is 4. The molecule has 1 saturated carbocycles. The summed E-state index contributed by atoms with van der Waals surface area (Å²) in [4.78, 5) is 2.52. The Balaban J connectivity index is 1.99. The normalized spacial score (nSPS) is 17.4. The van der Waals surface area contributed by atoms with Crippen molar-refractivity contribution < 1.29 is 0 Å². The van der Waals surface area contributed by atoms with E-state index in [1.54, 1.807) is 0 Å². The van der Waals surface area contributed by atoms with Gasteiger partial charge in [0.1, 0.15) is 0 Å². The first-order valence-corrected chi connectivity index (χ1v) is 6.77. The Bertz CT molecular complexity index is 343. The second-order valence-electron chi connectivity index (χ2n) is 5.11. The van der Waals surface area contributed by atoms with E-state index in [-0.39, 0.29) is 0 Å². The van der Waals surface area contributed by atoms with Crippen molar-refractivity contribution in [3.63, 3.8) is 0 Å². The molecule has 1 aromatic rings. The maximum absolute atomic E-state index is 3.28. The quantitative estimate of drug-likeness (QED) is 0.855. The molecule has 2 rings (SSSR count). The van der Waals surface area contributed by atoms with E-state index in [9.17, 15) is 0 Å². The van der Waals surface area contributed by atoms with Gasteiger partial charge in [0.2, 0.25) is 0 Å². The fourth-order valence-corrected chi connectivity index (χ4v) is 2.82. The molecule has 1 aromatic carbocycles. The number of benzene rings is 1. The third-order valence-electron chi connectivity index (χ3n) is 3.90. The summed E-state index contributed by atoms with van der Waals surface area (Å²) >= 11 is 0. The highest BCUT2D eigenvalue weighted by molar-refractivity contribution is 5.50. The molecule has 94 valence electrons. The van der Waals surface area contributed by atoms with E-state index in [0.717, 1.165) is 12.6 Å². The van der Waals surface area contributed by atoms with Gasteiger partial charge in [0.25, 0.3) is 0 Å². The van der Waals surface area contributed by atoms with Gasteiger partial charge in [0, 0.05) is 25.3 Å². The molecule has 0 unspecified atom stereocenters. The van der Waals surface area contributed by atoms with Crippen LogP contribution in [0.25, 0.3) is 0 Å². The van der Waals surface area contributed by atoms with Gasteiger partial charge in [-0.2, -0.15) is 0 Å². The monoisotopic (exact) mass is 232 g/mol. The van der Waals surface area contributed by atoms with Crippen molar-refractivity contribution >= 4 is 5.69 Å². The summed E-state index contributed by atoms with van der Waals surface area (Å²) in [6.45, 7) is 1.06. The number of hydrogen-bond acceptors (Lipinski definition) is 2. The van der Waals surface area contributed by atoms with Crippen molar-refractivity contribution in [3.8, 4) is 0 Å². The molecule has 0 aliphatic heterocycles. The summed E-state index contributed by atoms with van der Waals surface area (Å²) in [5.74, 6) is 0. The Kier molecular flexibility index (Phi) is 4.43. The van der Waals surface area contributed by atoms with Gasteiger partial charge in [-0.3, -0.25) is 4.90 Å². The van der Waals surface area contributed by atoms with E-state index in [1.165, 1.54) is 43.4 Å². The Labute approximate surface area is 105 Å². The molecule has 17 heavy (non-hydrogen) atoms. The highest BCUT2D eigenvalue weighted by atomic mass is 15.1. The highest BCUT2D eigenvalue weighted by Crippen LogP contribution is 2.24. The van der Waals surface area contributed by atoms with Crippen LogP contribution in [0.1, 0.15) is 37.7 Å². The van der Waals surface area contributed by atoms with E-state index in [0.29, 0.717) is 0 Å². The molecule has 0 spiro atoms. The molecule has 0 heterocycles. The van der Waals surface area contributed by atoms with Crippen molar-refractivity contribution in [2.75, 3.05) is 19.4 Å². The van der Waals surface area contributed by atoms with Crippen molar-refractivity contribution in [1.82, 2.24) is 4.90 Å². The van der Waals surface area contributed by atoms with Crippen LogP contribution in [0, 0.1) is 0 Å². The zero-order valence-corrected chi connectivity index (χ0v) is 11.1. The van der Waals surface area contributed by atoms with Crippen LogP contribution in [0.3, 0.4) is 0 Å². The smallest absolute Gasteiger partial charge is 0.0383 e. The molecule has 2 heteroatoms. The predicted molar refractivity (Wildman–Crippen MR) is 74.3 cm³/mol. The molecule has 0 atom stereocenters. The average molecular weight is 232 g/mol. The lowest BCUT2D eigenvalue weighted by Gasteiger charge is -2.31. The fraction of sp³-hybridized carbons (Fsp3) is 0.600. The van der Waals surface area contributed by atoms with Crippen LogP contribution in [0.5, 0.6) is 0 Å². The number of nitrogens with zero attached hydrogens (tertiary/aromatic N) is 1. The van der Waals surface area contributed by atoms with Crippen LogP contribution in [-0.4, -0.2) is 25.0 Å². The van der Waals surface area contributed by atoms with Gasteiger partial charge in [0.15, 0.2) is 0 Å². The summed E-state index contributed by atoms with van der Waals surface area (Å²) in [6.07, 6.45) is 6.99. The van der Waals surface area contributed by atoms with Crippen molar-refractivity contribution in [3.05, 3.63) is 29.8 Å². The Morgan fingerprint density at radius 2 is 1.88 bits per heavy atom. The van der Waals surface area contributed by atoms with Crippen LogP contribution < -0.4 is 5.32 Å². The lowest BCUT2D eigenvalue weighted by atomic mass is 9.94. The topological polar surface area (TPSA) is 15.3 Å². The largest absolute Gasteiger partial charge is 0.388 e. The summed E-state index contributed by atoms with van der Waals surface area (Å²) in [5.41, 5.74) is 2.67. The highest BCUT2D eigenvalue weighted by Gasteiger charge is 2.18. The van der Waals surface area contributed by atoms with E-state index in [4.69, 9.17) is 0 Å². The number of hydrogen-bond donors (Lipinski definition) is 1. The summed E-state index contributed by atoms with van der Waals surface area (Å²) < 4.78 is 0. The van der Waals surface area contributed by atoms with Crippen LogP contribution in [-0.2, 0) is 6.54 Å². The zero-order valence-electron chi connectivity index (χ0n) is 11.1. The molecule has 1 N–H and O–H groups in total. The predicted octanol–water partition coefficient (Wildman–Crippen LogP) is 3.49. The standard InChI is InChI=1S/C15H24N2/c1-16-15-11-7-6-8-13(15)12-17(2)14-9-4-3-5-10-14/h6-8,11,14,16H,3-5,9-10,12H2,1-2H3. The molecular weight excluding hydrogens is 208 g/mol. The molecule has 1 fully saturated rings. The van der Waals surface area contributed by atoms with Crippen molar-refractivity contribution in [1.29, 1.82) is 0 Å². The van der Waals surface area contributed by atoms with Gasteiger partial charge in [0.05, 0.1) is 0 Å². The van der Waals surface area contributed by atoms with Gasteiger partial charge in [-0.1, -0.05) is 37.5 Å². The Morgan fingerprint density at radius 1 is 1.18 bits per heavy atom. The van der Waals surface area contributed by atoms with Crippen LogP contribution >= 0.6 is 0 Å². The second kappa shape index (κ2) is 6.06. The SMILES string of the molecule is CNc1ccccc1CN(C)C1CCCCC1. The molecule has 1 aliphatic rings. The lowest BCUT2D eigenvalue weighted by Crippen LogP contribution is -2.33. The van der Waals surface area contributed by atoms with Crippen LogP contribution in [0.15, 0.2) is 24.3 Å².